The quantitative estimate of drug-likeness (QED) is 0.778. The molecule has 1 amide bonds. The number of carbonyl (C=O) groups excluding carboxylic acids is 1. The minimum absolute atomic E-state index is 0.0210. The molecule has 1 aromatic rings. The standard InChI is InChI=1S/C20H31NO/c1-14(2)19(15(3)4)21-18(22)13-10-16-8-11-17(12-9-16)20(5,6)7/h8-15,19H,1-7H3,(H,21,22)/b13-10+. The topological polar surface area (TPSA) is 29.1 Å². The first-order valence-electron chi connectivity index (χ1n) is 8.20. The molecule has 0 aliphatic heterocycles. The van der Waals surface area contributed by atoms with Crippen LogP contribution in [0.4, 0.5) is 0 Å². The summed E-state index contributed by atoms with van der Waals surface area (Å²) in [6.45, 7) is 15.1. The highest BCUT2D eigenvalue weighted by Gasteiger charge is 2.18. The van der Waals surface area contributed by atoms with Crippen molar-refractivity contribution < 1.29 is 4.79 Å². The minimum atomic E-state index is -0.0210. The van der Waals surface area contributed by atoms with Crippen LogP contribution in [0.1, 0.15) is 59.6 Å². The van der Waals surface area contributed by atoms with Gasteiger partial charge in [0.1, 0.15) is 0 Å². The van der Waals surface area contributed by atoms with E-state index in [0.717, 1.165) is 5.56 Å². The fraction of sp³-hybridized carbons (Fsp3) is 0.550. The first-order chi connectivity index (χ1) is 10.1. The summed E-state index contributed by atoms with van der Waals surface area (Å²) in [4.78, 5) is 12.1. The molecule has 0 radical (unpaired) electrons. The molecule has 0 saturated heterocycles. The van der Waals surface area contributed by atoms with Crippen molar-refractivity contribution in [1.82, 2.24) is 5.32 Å². The molecule has 0 bridgehead atoms. The summed E-state index contributed by atoms with van der Waals surface area (Å²) in [5, 5.41) is 3.10. The Morgan fingerprint density at radius 3 is 1.91 bits per heavy atom. The molecule has 22 heavy (non-hydrogen) atoms. The summed E-state index contributed by atoms with van der Waals surface area (Å²) in [6.07, 6.45) is 3.50. The van der Waals surface area contributed by atoms with Crippen molar-refractivity contribution in [3.05, 3.63) is 41.5 Å². The average Bonchev–Trinajstić information content (AvgIpc) is 2.41. The molecule has 0 saturated carbocycles. The van der Waals surface area contributed by atoms with Crippen LogP contribution in [0.5, 0.6) is 0 Å². The molecule has 1 N–H and O–H groups in total. The molecule has 2 heteroatoms. The maximum absolute atomic E-state index is 12.1. The van der Waals surface area contributed by atoms with Gasteiger partial charge in [-0.2, -0.15) is 0 Å². The van der Waals surface area contributed by atoms with Crippen LogP contribution in [0.25, 0.3) is 6.08 Å². The lowest BCUT2D eigenvalue weighted by Gasteiger charge is -2.25. The minimum Gasteiger partial charge on any atom is -0.349 e. The van der Waals surface area contributed by atoms with Crippen LogP contribution in [-0.2, 0) is 10.2 Å². The van der Waals surface area contributed by atoms with Crippen molar-refractivity contribution in [2.45, 2.75) is 59.9 Å². The van der Waals surface area contributed by atoms with Gasteiger partial charge in [0.15, 0.2) is 0 Å². The highest BCUT2D eigenvalue weighted by atomic mass is 16.1. The van der Waals surface area contributed by atoms with Crippen molar-refractivity contribution in [3.8, 4) is 0 Å². The van der Waals surface area contributed by atoms with Gasteiger partial charge >= 0.3 is 0 Å². The summed E-state index contributed by atoms with van der Waals surface area (Å²) in [6, 6.07) is 8.59. The number of hydrogen-bond acceptors (Lipinski definition) is 1. The Labute approximate surface area is 136 Å². The van der Waals surface area contributed by atoms with Crippen molar-refractivity contribution in [2.24, 2.45) is 11.8 Å². The Morgan fingerprint density at radius 1 is 1.00 bits per heavy atom. The molecule has 0 aliphatic rings. The van der Waals surface area contributed by atoms with Gasteiger partial charge in [0, 0.05) is 12.1 Å². The Balaban J connectivity index is 2.70. The van der Waals surface area contributed by atoms with Gasteiger partial charge in [-0.05, 0) is 34.5 Å². The van der Waals surface area contributed by atoms with Gasteiger partial charge in [0.2, 0.25) is 5.91 Å². The van der Waals surface area contributed by atoms with E-state index in [1.807, 2.05) is 6.08 Å². The van der Waals surface area contributed by atoms with E-state index in [9.17, 15) is 4.79 Å². The zero-order valence-electron chi connectivity index (χ0n) is 15.1. The predicted octanol–water partition coefficient (Wildman–Crippen LogP) is 4.79. The van der Waals surface area contributed by atoms with Crippen molar-refractivity contribution in [1.29, 1.82) is 0 Å². The monoisotopic (exact) mass is 301 g/mol. The Bertz CT molecular complexity index is 496. The molecule has 0 aliphatic carbocycles. The lowest BCUT2D eigenvalue weighted by molar-refractivity contribution is -0.117. The van der Waals surface area contributed by atoms with E-state index >= 15 is 0 Å². The van der Waals surface area contributed by atoms with Gasteiger partial charge in [-0.1, -0.05) is 72.7 Å². The predicted molar refractivity (Wildman–Crippen MR) is 95.8 cm³/mol. The molecule has 0 atom stereocenters. The number of rotatable bonds is 5. The SMILES string of the molecule is CC(C)C(NC(=O)/C=C/c1ccc(C(C)(C)C)cc1)C(C)C. The van der Waals surface area contributed by atoms with E-state index in [1.54, 1.807) is 6.08 Å². The van der Waals surface area contributed by atoms with Gasteiger partial charge in [0.05, 0.1) is 0 Å². The van der Waals surface area contributed by atoms with Gasteiger partial charge in [-0.3, -0.25) is 4.79 Å². The third kappa shape index (κ3) is 5.67. The van der Waals surface area contributed by atoms with Gasteiger partial charge in [-0.15, -0.1) is 0 Å². The number of nitrogens with one attached hydrogen (secondary N) is 1. The van der Waals surface area contributed by atoms with Crippen LogP contribution in [-0.4, -0.2) is 11.9 Å². The van der Waals surface area contributed by atoms with Crippen LogP contribution in [0, 0.1) is 11.8 Å². The third-order valence-corrected chi connectivity index (χ3v) is 3.95. The molecule has 2 nitrogen and oxygen atoms in total. The maximum Gasteiger partial charge on any atom is 0.244 e. The summed E-state index contributed by atoms with van der Waals surface area (Å²) in [5.41, 5.74) is 2.50. The van der Waals surface area contributed by atoms with E-state index in [1.165, 1.54) is 5.56 Å². The largest absolute Gasteiger partial charge is 0.349 e. The van der Waals surface area contributed by atoms with E-state index in [2.05, 4.69) is 78.0 Å². The van der Waals surface area contributed by atoms with E-state index in [4.69, 9.17) is 0 Å². The lowest BCUT2D eigenvalue weighted by Crippen LogP contribution is -2.41. The normalized spacial score (nSPS) is 12.6. The number of carbonyl (C=O) groups is 1. The van der Waals surface area contributed by atoms with Crippen LogP contribution < -0.4 is 5.32 Å². The van der Waals surface area contributed by atoms with E-state index in [0.29, 0.717) is 11.8 Å². The molecule has 1 rings (SSSR count). The van der Waals surface area contributed by atoms with Gasteiger partial charge in [-0.25, -0.2) is 0 Å². The van der Waals surface area contributed by atoms with Crippen molar-refractivity contribution in [2.75, 3.05) is 0 Å². The van der Waals surface area contributed by atoms with Crippen LogP contribution in [0.2, 0.25) is 0 Å². The maximum atomic E-state index is 12.1. The first kappa shape index (κ1) is 18.5. The Hall–Kier alpha value is -1.57. The summed E-state index contributed by atoms with van der Waals surface area (Å²) in [7, 11) is 0. The second kappa shape index (κ2) is 7.62. The van der Waals surface area contributed by atoms with Crippen molar-refractivity contribution in [3.63, 3.8) is 0 Å². The fourth-order valence-corrected chi connectivity index (χ4v) is 2.58. The fourth-order valence-electron chi connectivity index (χ4n) is 2.58. The number of amides is 1. The van der Waals surface area contributed by atoms with Gasteiger partial charge in [0.25, 0.3) is 0 Å². The van der Waals surface area contributed by atoms with Crippen LogP contribution in [0.3, 0.4) is 0 Å². The van der Waals surface area contributed by atoms with Crippen molar-refractivity contribution >= 4 is 12.0 Å². The molecule has 0 fully saturated rings. The van der Waals surface area contributed by atoms with Crippen LogP contribution in [0.15, 0.2) is 30.3 Å². The molecular formula is C20H31NO. The molecule has 122 valence electrons. The molecule has 0 heterocycles. The Morgan fingerprint density at radius 2 is 1.50 bits per heavy atom. The number of benzene rings is 1. The summed E-state index contributed by atoms with van der Waals surface area (Å²) >= 11 is 0. The Kier molecular flexibility index (Phi) is 6.40. The zero-order chi connectivity index (χ0) is 16.9. The molecule has 1 aromatic carbocycles. The second-order valence-corrected chi connectivity index (χ2v) is 7.73. The molecular weight excluding hydrogens is 270 g/mol. The smallest absolute Gasteiger partial charge is 0.244 e. The zero-order valence-corrected chi connectivity index (χ0v) is 15.1. The average molecular weight is 301 g/mol. The molecule has 0 unspecified atom stereocenters. The first-order valence-corrected chi connectivity index (χ1v) is 8.20. The highest BCUT2D eigenvalue weighted by molar-refractivity contribution is 5.91. The van der Waals surface area contributed by atoms with E-state index < -0.39 is 0 Å². The summed E-state index contributed by atoms with van der Waals surface area (Å²) < 4.78 is 0. The molecule has 0 spiro atoms. The van der Waals surface area contributed by atoms with Gasteiger partial charge < -0.3 is 5.32 Å². The van der Waals surface area contributed by atoms with Crippen LogP contribution >= 0.6 is 0 Å². The summed E-state index contributed by atoms with van der Waals surface area (Å²) in [5.74, 6) is 0.846. The van der Waals surface area contributed by atoms with E-state index in [-0.39, 0.29) is 17.4 Å². The third-order valence-electron chi connectivity index (χ3n) is 3.95. The number of hydrogen-bond donors (Lipinski definition) is 1. The molecule has 0 aromatic heterocycles. The second-order valence-electron chi connectivity index (χ2n) is 7.73. The lowest BCUT2D eigenvalue weighted by atomic mass is 9.87. The highest BCUT2D eigenvalue weighted by Crippen LogP contribution is 2.22.